The fourth-order valence-electron chi connectivity index (χ4n) is 1.58. The minimum atomic E-state index is 1.07. The van der Waals surface area contributed by atoms with Gasteiger partial charge in [-0.1, -0.05) is 0 Å². The maximum absolute atomic E-state index is 4.19. The first-order chi connectivity index (χ1) is 6.36. The number of hydrogen-bond donors (Lipinski definition) is 1. The monoisotopic (exact) mass is 197 g/mol. The van der Waals surface area contributed by atoms with Crippen LogP contribution in [0.25, 0.3) is 0 Å². The number of nitrogens with zero attached hydrogens (tertiary/aromatic N) is 2. The molecule has 4 heteroatoms. The smallest absolute Gasteiger partial charge is 0.0454 e. The maximum Gasteiger partial charge on any atom is 0.0454 e. The first-order valence-corrected chi connectivity index (χ1v) is 5.47. The molecule has 2 heterocycles. The van der Waals surface area contributed by atoms with Crippen LogP contribution in [0.4, 0.5) is 0 Å². The molecule has 1 saturated heterocycles. The summed E-state index contributed by atoms with van der Waals surface area (Å²) in [5.74, 6) is 0. The quantitative estimate of drug-likeness (QED) is 0.762. The molecule has 0 atom stereocenters. The summed E-state index contributed by atoms with van der Waals surface area (Å²) in [4.78, 5) is 3.84. The number of aryl methyl sites for hydroxylation is 1. The molecule has 72 valence electrons. The number of hydrogen-bond acceptors (Lipinski definition) is 4. The lowest BCUT2D eigenvalue weighted by atomic mass is 10.2. The van der Waals surface area contributed by atoms with Gasteiger partial charge in [0, 0.05) is 43.8 Å². The Morgan fingerprint density at radius 1 is 1.54 bits per heavy atom. The summed E-state index contributed by atoms with van der Waals surface area (Å²) in [6.07, 6.45) is 2.00. The molecular weight excluding hydrogens is 182 g/mol. The fourth-order valence-corrected chi connectivity index (χ4v) is 2.15. The van der Waals surface area contributed by atoms with Gasteiger partial charge in [0.25, 0.3) is 0 Å². The third kappa shape index (κ3) is 2.27. The fraction of sp³-hybridized carbons (Fsp3) is 0.667. The van der Waals surface area contributed by atoms with Crippen LogP contribution in [-0.2, 0) is 6.54 Å². The van der Waals surface area contributed by atoms with E-state index in [1.54, 1.807) is 11.5 Å². The van der Waals surface area contributed by atoms with Gasteiger partial charge in [0.2, 0.25) is 0 Å². The van der Waals surface area contributed by atoms with Gasteiger partial charge < -0.3 is 5.32 Å². The van der Waals surface area contributed by atoms with Crippen molar-refractivity contribution < 1.29 is 0 Å². The lowest BCUT2D eigenvalue weighted by Gasteiger charge is -2.26. The van der Waals surface area contributed by atoms with Crippen molar-refractivity contribution in [2.75, 3.05) is 26.2 Å². The van der Waals surface area contributed by atoms with Gasteiger partial charge in [0.05, 0.1) is 0 Å². The minimum Gasteiger partial charge on any atom is -0.314 e. The van der Waals surface area contributed by atoms with Crippen molar-refractivity contribution in [1.29, 1.82) is 0 Å². The summed E-state index contributed by atoms with van der Waals surface area (Å²) in [5, 5.41) is 3.35. The molecule has 0 saturated carbocycles. The Hall–Kier alpha value is -0.450. The summed E-state index contributed by atoms with van der Waals surface area (Å²) >= 11 is 1.60. The first kappa shape index (κ1) is 9.12. The van der Waals surface area contributed by atoms with Crippen molar-refractivity contribution in [3.63, 3.8) is 0 Å². The molecule has 0 bridgehead atoms. The average molecular weight is 197 g/mol. The lowest BCUT2D eigenvalue weighted by molar-refractivity contribution is 0.233. The Morgan fingerprint density at radius 2 is 2.31 bits per heavy atom. The van der Waals surface area contributed by atoms with Crippen molar-refractivity contribution in [2.24, 2.45) is 0 Å². The first-order valence-electron chi connectivity index (χ1n) is 4.69. The summed E-state index contributed by atoms with van der Waals surface area (Å²) in [6.45, 7) is 7.79. The third-order valence-corrected chi connectivity index (χ3v) is 3.20. The molecular formula is C9H15N3S. The molecule has 0 spiro atoms. The SMILES string of the molecule is Cc1sncc1CN1CCNCC1. The van der Waals surface area contributed by atoms with Gasteiger partial charge in [-0.25, -0.2) is 4.37 Å². The molecule has 0 amide bonds. The molecule has 0 unspecified atom stereocenters. The highest BCUT2D eigenvalue weighted by molar-refractivity contribution is 7.05. The topological polar surface area (TPSA) is 28.2 Å². The molecule has 1 aliphatic rings. The maximum atomic E-state index is 4.19. The van der Waals surface area contributed by atoms with Crippen molar-refractivity contribution >= 4 is 11.5 Å². The third-order valence-electron chi connectivity index (χ3n) is 2.45. The highest BCUT2D eigenvalue weighted by Gasteiger charge is 2.11. The number of aromatic nitrogens is 1. The van der Waals surface area contributed by atoms with Crippen molar-refractivity contribution in [2.45, 2.75) is 13.5 Å². The molecule has 0 aliphatic carbocycles. The average Bonchev–Trinajstić information content (AvgIpc) is 2.54. The molecule has 13 heavy (non-hydrogen) atoms. The van der Waals surface area contributed by atoms with Gasteiger partial charge in [0.1, 0.15) is 0 Å². The zero-order chi connectivity index (χ0) is 9.10. The second kappa shape index (κ2) is 4.17. The molecule has 3 nitrogen and oxygen atoms in total. The highest BCUT2D eigenvalue weighted by atomic mass is 32.1. The van der Waals surface area contributed by atoms with Crippen LogP contribution >= 0.6 is 11.5 Å². The Balaban J connectivity index is 1.93. The van der Waals surface area contributed by atoms with Gasteiger partial charge in [0.15, 0.2) is 0 Å². The second-order valence-corrected chi connectivity index (χ2v) is 4.44. The van der Waals surface area contributed by atoms with Crippen molar-refractivity contribution in [3.8, 4) is 0 Å². The second-order valence-electron chi connectivity index (χ2n) is 3.43. The van der Waals surface area contributed by atoms with E-state index in [2.05, 4.69) is 21.5 Å². The van der Waals surface area contributed by atoms with Crippen LogP contribution in [0.1, 0.15) is 10.4 Å². The van der Waals surface area contributed by atoms with Crippen LogP contribution < -0.4 is 5.32 Å². The van der Waals surface area contributed by atoms with Crippen molar-refractivity contribution in [3.05, 3.63) is 16.6 Å². The highest BCUT2D eigenvalue weighted by Crippen LogP contribution is 2.14. The van der Waals surface area contributed by atoms with E-state index in [-0.39, 0.29) is 0 Å². The van der Waals surface area contributed by atoms with Crippen LogP contribution in [-0.4, -0.2) is 35.5 Å². The Bertz CT molecular complexity index is 266. The minimum absolute atomic E-state index is 1.07. The van der Waals surface area contributed by atoms with Gasteiger partial charge in [-0.05, 0) is 24.0 Å². The van der Waals surface area contributed by atoms with E-state index >= 15 is 0 Å². The zero-order valence-corrected chi connectivity index (χ0v) is 8.73. The van der Waals surface area contributed by atoms with Crippen LogP contribution in [0, 0.1) is 6.92 Å². The summed E-state index contributed by atoms with van der Waals surface area (Å²) in [7, 11) is 0. The predicted octanol–water partition coefficient (Wildman–Crippen LogP) is 0.857. The zero-order valence-electron chi connectivity index (χ0n) is 7.92. The van der Waals surface area contributed by atoms with Crippen molar-refractivity contribution in [1.82, 2.24) is 14.6 Å². The van der Waals surface area contributed by atoms with E-state index in [1.807, 2.05) is 6.20 Å². The van der Waals surface area contributed by atoms with E-state index in [9.17, 15) is 0 Å². The van der Waals surface area contributed by atoms with Gasteiger partial charge in [-0.3, -0.25) is 4.90 Å². The van der Waals surface area contributed by atoms with Gasteiger partial charge in [-0.15, -0.1) is 0 Å². The van der Waals surface area contributed by atoms with Crippen LogP contribution in [0.2, 0.25) is 0 Å². The van der Waals surface area contributed by atoms with Gasteiger partial charge in [-0.2, -0.15) is 0 Å². The number of piperazine rings is 1. The summed E-state index contributed by atoms with van der Waals surface area (Å²) in [5.41, 5.74) is 1.40. The molecule has 1 aromatic heterocycles. The largest absolute Gasteiger partial charge is 0.314 e. The molecule has 1 aromatic rings. The Kier molecular flexibility index (Phi) is 2.93. The standard InChI is InChI=1S/C9H15N3S/c1-8-9(6-11-13-8)7-12-4-2-10-3-5-12/h6,10H,2-5,7H2,1H3. The summed E-state index contributed by atoms with van der Waals surface area (Å²) in [6, 6.07) is 0. The molecule has 1 fully saturated rings. The summed E-state index contributed by atoms with van der Waals surface area (Å²) < 4.78 is 4.19. The molecule has 2 rings (SSSR count). The van der Waals surface area contributed by atoms with E-state index in [0.717, 1.165) is 32.7 Å². The Morgan fingerprint density at radius 3 is 2.92 bits per heavy atom. The van der Waals surface area contributed by atoms with E-state index in [0.29, 0.717) is 0 Å². The van der Waals surface area contributed by atoms with E-state index in [1.165, 1.54) is 10.4 Å². The van der Waals surface area contributed by atoms with Crippen LogP contribution in [0.15, 0.2) is 6.20 Å². The Labute approximate surface area is 82.9 Å². The normalized spacial score (nSPS) is 19.2. The number of rotatable bonds is 2. The molecule has 0 aromatic carbocycles. The predicted molar refractivity (Wildman–Crippen MR) is 55.0 cm³/mol. The van der Waals surface area contributed by atoms with E-state index in [4.69, 9.17) is 0 Å². The van der Waals surface area contributed by atoms with E-state index < -0.39 is 0 Å². The lowest BCUT2D eigenvalue weighted by Crippen LogP contribution is -2.42. The van der Waals surface area contributed by atoms with Crippen LogP contribution in [0.5, 0.6) is 0 Å². The van der Waals surface area contributed by atoms with Crippen LogP contribution in [0.3, 0.4) is 0 Å². The molecule has 1 N–H and O–H groups in total. The molecule has 1 aliphatic heterocycles. The van der Waals surface area contributed by atoms with Gasteiger partial charge >= 0.3 is 0 Å². The molecule has 0 radical (unpaired) electrons. The number of nitrogens with one attached hydrogen (secondary N) is 1.